The molecule has 1 aromatic rings. The highest BCUT2D eigenvalue weighted by Crippen LogP contribution is 2.31. The molecule has 4 heteroatoms. The lowest BCUT2D eigenvalue weighted by molar-refractivity contribution is -0.131. The molecule has 0 fully saturated rings. The number of carbonyl (C=O) groups excluding carboxylic acids is 1. The first kappa shape index (κ1) is 8.87. The normalized spacial score (nSPS) is 24.4. The van der Waals surface area contributed by atoms with Gasteiger partial charge in [0, 0.05) is 0 Å². The highest BCUT2D eigenvalue weighted by Gasteiger charge is 2.37. The van der Waals surface area contributed by atoms with Crippen LogP contribution in [0.25, 0.3) is 0 Å². The van der Waals surface area contributed by atoms with E-state index in [1.807, 2.05) is 24.3 Å². The van der Waals surface area contributed by atoms with Gasteiger partial charge < -0.3 is 15.8 Å². The van der Waals surface area contributed by atoms with Crippen molar-refractivity contribution >= 4 is 11.6 Å². The van der Waals surface area contributed by atoms with Crippen LogP contribution in [0.2, 0.25) is 0 Å². The molecule has 74 valence electrons. The first-order valence-corrected chi connectivity index (χ1v) is 4.44. The van der Waals surface area contributed by atoms with Gasteiger partial charge in [-0.25, -0.2) is 0 Å². The Morgan fingerprint density at radius 1 is 1.57 bits per heavy atom. The molecule has 0 saturated heterocycles. The monoisotopic (exact) mass is 192 g/mol. The van der Waals surface area contributed by atoms with Crippen LogP contribution in [0.4, 0.5) is 5.69 Å². The standard InChI is InChI=1S/C10H12N2O2/c1-10(9(11)13)6-12-7-4-2-3-5-8(7)14-10/h2-5,12H,6H2,1H3,(H2,11,13). The third kappa shape index (κ3) is 1.28. The Labute approximate surface area is 82.1 Å². The summed E-state index contributed by atoms with van der Waals surface area (Å²) >= 11 is 0. The third-order valence-corrected chi connectivity index (χ3v) is 2.36. The van der Waals surface area contributed by atoms with Gasteiger partial charge in [0.2, 0.25) is 5.60 Å². The van der Waals surface area contributed by atoms with Crippen LogP contribution in [0.1, 0.15) is 6.92 Å². The highest BCUT2D eigenvalue weighted by molar-refractivity contribution is 5.85. The van der Waals surface area contributed by atoms with Crippen LogP contribution in [0.5, 0.6) is 5.75 Å². The van der Waals surface area contributed by atoms with Gasteiger partial charge in [0.25, 0.3) is 5.91 Å². The maximum absolute atomic E-state index is 11.1. The number of primary amides is 1. The fraction of sp³-hybridized carbons (Fsp3) is 0.300. The minimum Gasteiger partial charge on any atom is -0.474 e. The number of nitrogens with one attached hydrogen (secondary N) is 1. The van der Waals surface area contributed by atoms with Crippen molar-refractivity contribution in [3.8, 4) is 5.75 Å². The maximum Gasteiger partial charge on any atom is 0.263 e. The lowest BCUT2D eigenvalue weighted by atomic mass is 10.0. The number of benzene rings is 1. The molecule has 0 bridgehead atoms. The Hall–Kier alpha value is -1.71. The third-order valence-electron chi connectivity index (χ3n) is 2.36. The number of ether oxygens (including phenoxy) is 1. The van der Waals surface area contributed by atoms with Crippen LogP contribution in [0, 0.1) is 0 Å². The molecule has 1 aliphatic rings. The molecule has 0 aromatic heterocycles. The molecule has 1 aromatic carbocycles. The number of anilines is 1. The summed E-state index contributed by atoms with van der Waals surface area (Å²) in [6.45, 7) is 2.08. The van der Waals surface area contributed by atoms with E-state index < -0.39 is 11.5 Å². The molecule has 0 aliphatic carbocycles. The van der Waals surface area contributed by atoms with Crippen LogP contribution in [0.3, 0.4) is 0 Å². The number of nitrogens with two attached hydrogens (primary N) is 1. The van der Waals surface area contributed by atoms with E-state index in [2.05, 4.69) is 5.32 Å². The van der Waals surface area contributed by atoms with Crippen molar-refractivity contribution in [3.63, 3.8) is 0 Å². The Morgan fingerprint density at radius 2 is 2.29 bits per heavy atom. The van der Waals surface area contributed by atoms with Gasteiger partial charge in [-0.05, 0) is 19.1 Å². The molecule has 1 amide bonds. The topological polar surface area (TPSA) is 64.4 Å². The molecular weight excluding hydrogens is 180 g/mol. The van der Waals surface area contributed by atoms with Crippen molar-refractivity contribution in [1.29, 1.82) is 0 Å². The van der Waals surface area contributed by atoms with Crippen LogP contribution in [-0.4, -0.2) is 18.1 Å². The molecule has 1 unspecified atom stereocenters. The first-order valence-electron chi connectivity index (χ1n) is 4.44. The lowest BCUT2D eigenvalue weighted by Crippen LogP contribution is -2.53. The van der Waals surface area contributed by atoms with Gasteiger partial charge in [-0.1, -0.05) is 12.1 Å². The Balaban J connectivity index is 2.34. The summed E-state index contributed by atoms with van der Waals surface area (Å²) < 4.78 is 5.54. The van der Waals surface area contributed by atoms with Crippen LogP contribution >= 0.6 is 0 Å². The van der Waals surface area contributed by atoms with Crippen molar-refractivity contribution in [2.45, 2.75) is 12.5 Å². The fourth-order valence-corrected chi connectivity index (χ4v) is 1.38. The lowest BCUT2D eigenvalue weighted by Gasteiger charge is -2.33. The van der Waals surface area contributed by atoms with Crippen LogP contribution in [0.15, 0.2) is 24.3 Å². The van der Waals surface area contributed by atoms with E-state index in [0.717, 1.165) is 5.69 Å². The van der Waals surface area contributed by atoms with E-state index in [0.29, 0.717) is 12.3 Å². The number of amides is 1. The molecular formula is C10H12N2O2. The smallest absolute Gasteiger partial charge is 0.263 e. The van der Waals surface area contributed by atoms with Crippen molar-refractivity contribution in [3.05, 3.63) is 24.3 Å². The number of carbonyl (C=O) groups is 1. The van der Waals surface area contributed by atoms with E-state index in [1.165, 1.54) is 0 Å². The molecule has 0 saturated carbocycles. The maximum atomic E-state index is 11.1. The number of fused-ring (bicyclic) bond motifs is 1. The van der Waals surface area contributed by atoms with Crippen molar-refractivity contribution < 1.29 is 9.53 Å². The van der Waals surface area contributed by atoms with E-state index in [9.17, 15) is 4.79 Å². The quantitative estimate of drug-likeness (QED) is 0.689. The summed E-state index contributed by atoms with van der Waals surface area (Å²) in [5.41, 5.74) is 5.20. The van der Waals surface area contributed by atoms with E-state index >= 15 is 0 Å². The minimum atomic E-state index is -0.950. The van der Waals surface area contributed by atoms with Crippen LogP contribution < -0.4 is 15.8 Å². The van der Waals surface area contributed by atoms with E-state index in [1.54, 1.807) is 6.92 Å². The van der Waals surface area contributed by atoms with Gasteiger partial charge in [0.15, 0.2) is 0 Å². The summed E-state index contributed by atoms with van der Waals surface area (Å²) in [4.78, 5) is 11.1. The highest BCUT2D eigenvalue weighted by atomic mass is 16.5. The molecule has 1 heterocycles. The van der Waals surface area contributed by atoms with E-state index in [4.69, 9.17) is 10.5 Å². The second kappa shape index (κ2) is 2.90. The Kier molecular flexibility index (Phi) is 1.84. The summed E-state index contributed by atoms with van der Waals surface area (Å²) in [5, 5.41) is 3.11. The van der Waals surface area contributed by atoms with Gasteiger partial charge in [-0.2, -0.15) is 0 Å². The number of para-hydroxylation sites is 2. The largest absolute Gasteiger partial charge is 0.474 e. The Bertz CT molecular complexity index is 378. The molecule has 3 N–H and O–H groups in total. The van der Waals surface area contributed by atoms with Crippen molar-refractivity contribution in [2.75, 3.05) is 11.9 Å². The van der Waals surface area contributed by atoms with Gasteiger partial charge in [0.1, 0.15) is 5.75 Å². The van der Waals surface area contributed by atoms with Gasteiger partial charge in [0.05, 0.1) is 12.2 Å². The molecule has 1 aliphatic heterocycles. The summed E-state index contributed by atoms with van der Waals surface area (Å²) in [7, 11) is 0. The van der Waals surface area contributed by atoms with Gasteiger partial charge >= 0.3 is 0 Å². The van der Waals surface area contributed by atoms with Gasteiger partial charge in [-0.15, -0.1) is 0 Å². The average molecular weight is 192 g/mol. The zero-order valence-electron chi connectivity index (χ0n) is 7.91. The predicted octanol–water partition coefficient (Wildman–Crippen LogP) is 0.735. The summed E-state index contributed by atoms with van der Waals surface area (Å²) in [6, 6.07) is 7.47. The van der Waals surface area contributed by atoms with Crippen molar-refractivity contribution in [1.82, 2.24) is 0 Å². The Morgan fingerprint density at radius 3 is 3.00 bits per heavy atom. The molecule has 0 radical (unpaired) electrons. The molecule has 2 rings (SSSR count). The van der Waals surface area contributed by atoms with Crippen molar-refractivity contribution in [2.24, 2.45) is 5.73 Å². The zero-order valence-corrected chi connectivity index (χ0v) is 7.91. The number of hydrogen-bond donors (Lipinski definition) is 2. The van der Waals surface area contributed by atoms with Gasteiger partial charge in [-0.3, -0.25) is 4.79 Å². The summed E-state index contributed by atoms with van der Waals surface area (Å²) in [5.74, 6) is 0.208. The molecule has 4 nitrogen and oxygen atoms in total. The first-order chi connectivity index (χ1) is 6.62. The number of rotatable bonds is 1. The number of hydrogen-bond acceptors (Lipinski definition) is 3. The predicted molar refractivity (Wildman–Crippen MR) is 53.2 cm³/mol. The molecule has 1 atom stereocenters. The minimum absolute atomic E-state index is 0.402. The zero-order chi connectivity index (χ0) is 10.2. The second-order valence-electron chi connectivity index (χ2n) is 3.55. The average Bonchev–Trinajstić information content (AvgIpc) is 2.17. The van der Waals surface area contributed by atoms with E-state index in [-0.39, 0.29) is 0 Å². The summed E-state index contributed by atoms with van der Waals surface area (Å²) in [6.07, 6.45) is 0. The fourth-order valence-electron chi connectivity index (χ4n) is 1.38. The second-order valence-corrected chi connectivity index (χ2v) is 3.55. The molecule has 14 heavy (non-hydrogen) atoms. The van der Waals surface area contributed by atoms with Crippen LogP contribution in [-0.2, 0) is 4.79 Å². The SMILES string of the molecule is CC1(C(N)=O)CNc2ccccc2O1. The molecule has 0 spiro atoms.